The molecule has 1 atom stereocenters. The number of thiazole rings is 1. The lowest BCUT2D eigenvalue weighted by molar-refractivity contribution is 0.0913. The van der Waals surface area contributed by atoms with Crippen LogP contribution in [0.4, 0.5) is 0 Å². The van der Waals surface area contributed by atoms with Crippen LogP contribution in [0.3, 0.4) is 0 Å². The molecule has 0 spiro atoms. The number of aromatic nitrogens is 2. The summed E-state index contributed by atoms with van der Waals surface area (Å²) in [5.74, 6) is -0.499. The van der Waals surface area contributed by atoms with Gasteiger partial charge in [0.05, 0.1) is 12.6 Å². The highest BCUT2D eigenvalue weighted by Crippen LogP contribution is 2.18. The van der Waals surface area contributed by atoms with Crippen LogP contribution in [0.5, 0.6) is 0 Å². The lowest BCUT2D eigenvalue weighted by Gasteiger charge is -2.13. The number of nitrogens with one attached hydrogen (secondary N) is 1. The van der Waals surface area contributed by atoms with Crippen molar-refractivity contribution < 1.29 is 9.90 Å². The number of fused-ring (bicyclic) bond motifs is 1. The van der Waals surface area contributed by atoms with Crippen LogP contribution in [-0.2, 0) is 0 Å². The van der Waals surface area contributed by atoms with Gasteiger partial charge in [0.25, 0.3) is 11.5 Å². The van der Waals surface area contributed by atoms with Crippen LogP contribution in [0.15, 0.2) is 11.0 Å². The fourth-order valence-corrected chi connectivity index (χ4v) is 2.80. The van der Waals surface area contributed by atoms with E-state index in [1.54, 1.807) is 0 Å². The first kappa shape index (κ1) is 14.7. The van der Waals surface area contributed by atoms with E-state index in [1.807, 2.05) is 20.8 Å². The van der Waals surface area contributed by atoms with Gasteiger partial charge in [-0.2, -0.15) is 0 Å². The van der Waals surface area contributed by atoms with Crippen molar-refractivity contribution in [3.05, 3.63) is 32.7 Å². The Labute approximate surface area is 120 Å². The van der Waals surface area contributed by atoms with E-state index in [1.165, 1.54) is 21.9 Å². The molecule has 20 heavy (non-hydrogen) atoms. The second-order valence-corrected chi connectivity index (χ2v) is 5.78. The van der Waals surface area contributed by atoms with Gasteiger partial charge in [-0.25, -0.2) is 4.98 Å². The lowest BCUT2D eigenvalue weighted by Crippen LogP contribution is -2.40. The van der Waals surface area contributed by atoms with Gasteiger partial charge >= 0.3 is 0 Å². The summed E-state index contributed by atoms with van der Waals surface area (Å²) in [7, 11) is 0. The maximum atomic E-state index is 12.4. The van der Waals surface area contributed by atoms with Gasteiger partial charge in [0.2, 0.25) is 0 Å². The van der Waals surface area contributed by atoms with E-state index in [0.717, 1.165) is 10.6 Å². The van der Waals surface area contributed by atoms with Crippen molar-refractivity contribution in [1.82, 2.24) is 14.7 Å². The van der Waals surface area contributed by atoms with E-state index in [-0.39, 0.29) is 23.8 Å². The van der Waals surface area contributed by atoms with Gasteiger partial charge in [0.1, 0.15) is 5.56 Å². The molecule has 0 aromatic carbocycles. The minimum Gasteiger partial charge on any atom is -0.394 e. The highest BCUT2D eigenvalue weighted by Gasteiger charge is 2.18. The molecule has 2 heterocycles. The van der Waals surface area contributed by atoms with Crippen LogP contribution in [0.1, 0.15) is 34.3 Å². The van der Waals surface area contributed by atoms with Crippen molar-refractivity contribution in [3.63, 3.8) is 0 Å². The van der Waals surface area contributed by atoms with E-state index in [4.69, 9.17) is 5.11 Å². The van der Waals surface area contributed by atoms with Crippen LogP contribution in [0, 0.1) is 13.8 Å². The Kier molecular flexibility index (Phi) is 4.20. The average molecular weight is 295 g/mol. The number of carbonyl (C=O) groups excluding carboxylic acids is 1. The number of amides is 1. The van der Waals surface area contributed by atoms with Gasteiger partial charge in [0.15, 0.2) is 4.96 Å². The number of hydrogen-bond donors (Lipinski definition) is 2. The maximum Gasteiger partial charge on any atom is 0.271 e. The zero-order valence-corrected chi connectivity index (χ0v) is 12.5. The quantitative estimate of drug-likeness (QED) is 0.877. The minimum absolute atomic E-state index is 0.00435. The molecule has 0 bridgehead atoms. The Morgan fingerprint density at radius 3 is 2.85 bits per heavy atom. The van der Waals surface area contributed by atoms with E-state index < -0.39 is 5.91 Å². The summed E-state index contributed by atoms with van der Waals surface area (Å²) in [4.78, 5) is 30.2. The number of hydrogen-bond acceptors (Lipinski definition) is 5. The van der Waals surface area contributed by atoms with E-state index in [9.17, 15) is 9.59 Å². The summed E-state index contributed by atoms with van der Waals surface area (Å²) < 4.78 is 1.45. The molecule has 0 aliphatic rings. The van der Waals surface area contributed by atoms with Crippen molar-refractivity contribution in [2.24, 2.45) is 0 Å². The van der Waals surface area contributed by atoms with E-state index in [0.29, 0.717) is 11.4 Å². The number of aliphatic hydroxyl groups is 1. The van der Waals surface area contributed by atoms with Crippen molar-refractivity contribution in [2.75, 3.05) is 6.61 Å². The third-order valence-electron chi connectivity index (χ3n) is 3.31. The summed E-state index contributed by atoms with van der Waals surface area (Å²) in [5, 5.41) is 11.7. The predicted molar refractivity (Wildman–Crippen MR) is 77.4 cm³/mol. The Morgan fingerprint density at radius 1 is 1.55 bits per heavy atom. The van der Waals surface area contributed by atoms with E-state index >= 15 is 0 Å². The summed E-state index contributed by atoms with van der Waals surface area (Å²) >= 11 is 1.42. The molecule has 0 fully saturated rings. The van der Waals surface area contributed by atoms with Crippen molar-refractivity contribution in [3.8, 4) is 0 Å². The highest BCUT2D eigenvalue weighted by atomic mass is 32.1. The standard InChI is InChI=1S/C13H17N3O3S/c1-4-9(6-17)15-11(18)10-5-14-13-16(12(10)19)7(2)8(3)20-13/h5,9,17H,4,6H2,1-3H3,(H,15,18). The SMILES string of the molecule is CCC(CO)NC(=O)c1cnc2sc(C)c(C)n2c1=O. The van der Waals surface area contributed by atoms with Crippen molar-refractivity contribution in [1.29, 1.82) is 0 Å². The van der Waals surface area contributed by atoms with Gasteiger partial charge in [-0.15, -0.1) is 11.3 Å². The summed E-state index contributed by atoms with van der Waals surface area (Å²) in [6.07, 6.45) is 1.89. The third-order valence-corrected chi connectivity index (χ3v) is 4.38. The van der Waals surface area contributed by atoms with Crippen molar-refractivity contribution in [2.45, 2.75) is 33.2 Å². The normalized spacial score (nSPS) is 12.6. The van der Waals surface area contributed by atoms with Gasteiger partial charge in [-0.3, -0.25) is 14.0 Å². The zero-order valence-electron chi connectivity index (χ0n) is 11.6. The molecule has 1 unspecified atom stereocenters. The molecule has 0 aliphatic heterocycles. The fourth-order valence-electron chi connectivity index (χ4n) is 1.87. The number of carbonyl (C=O) groups is 1. The summed E-state index contributed by atoms with van der Waals surface area (Å²) in [5.41, 5.74) is 0.420. The Balaban J connectivity index is 2.45. The molecule has 6 nitrogen and oxygen atoms in total. The molecule has 2 rings (SSSR count). The predicted octanol–water partition coefficient (Wildman–Crippen LogP) is 0.874. The first-order valence-corrected chi connectivity index (χ1v) is 7.20. The molecular weight excluding hydrogens is 278 g/mol. The monoisotopic (exact) mass is 295 g/mol. The highest BCUT2D eigenvalue weighted by molar-refractivity contribution is 7.17. The zero-order chi connectivity index (χ0) is 14.9. The lowest BCUT2D eigenvalue weighted by atomic mass is 10.2. The molecule has 0 radical (unpaired) electrons. The third kappa shape index (κ3) is 2.46. The maximum absolute atomic E-state index is 12.4. The molecule has 0 aliphatic carbocycles. The molecule has 2 N–H and O–H groups in total. The van der Waals surface area contributed by atoms with Gasteiger partial charge in [-0.1, -0.05) is 6.92 Å². The van der Waals surface area contributed by atoms with Crippen LogP contribution in [0.25, 0.3) is 4.96 Å². The number of rotatable bonds is 4. The smallest absolute Gasteiger partial charge is 0.271 e. The summed E-state index contributed by atoms with van der Waals surface area (Å²) in [6.45, 7) is 5.43. The van der Waals surface area contributed by atoms with Crippen LogP contribution >= 0.6 is 11.3 Å². The van der Waals surface area contributed by atoms with Crippen molar-refractivity contribution >= 4 is 22.2 Å². The number of nitrogens with zero attached hydrogens (tertiary/aromatic N) is 2. The molecule has 1 amide bonds. The molecule has 2 aromatic heterocycles. The molecule has 0 saturated heterocycles. The first-order valence-electron chi connectivity index (χ1n) is 6.39. The molecule has 0 saturated carbocycles. The van der Waals surface area contributed by atoms with Crippen LogP contribution in [-0.4, -0.2) is 33.0 Å². The average Bonchev–Trinajstić information content (AvgIpc) is 2.72. The van der Waals surface area contributed by atoms with Gasteiger partial charge in [-0.05, 0) is 20.3 Å². The van der Waals surface area contributed by atoms with Crippen LogP contribution in [0.2, 0.25) is 0 Å². The fraction of sp³-hybridized carbons (Fsp3) is 0.462. The molecular formula is C13H17N3O3S. The van der Waals surface area contributed by atoms with Gasteiger partial charge in [0, 0.05) is 16.8 Å². The second kappa shape index (κ2) is 5.72. The van der Waals surface area contributed by atoms with E-state index in [2.05, 4.69) is 10.3 Å². The Morgan fingerprint density at radius 2 is 2.25 bits per heavy atom. The summed E-state index contributed by atoms with van der Waals surface area (Å²) in [6, 6.07) is -0.354. The number of aryl methyl sites for hydroxylation is 2. The molecule has 108 valence electrons. The minimum atomic E-state index is -0.499. The Hall–Kier alpha value is -1.73. The Bertz CT molecular complexity index is 701. The van der Waals surface area contributed by atoms with Gasteiger partial charge < -0.3 is 10.4 Å². The second-order valence-electron chi connectivity index (χ2n) is 4.60. The largest absolute Gasteiger partial charge is 0.394 e. The van der Waals surface area contributed by atoms with Crippen LogP contribution < -0.4 is 10.9 Å². The molecule has 7 heteroatoms. The molecule has 2 aromatic rings. The first-order chi connectivity index (χ1) is 9.49. The topological polar surface area (TPSA) is 83.7 Å². The number of aliphatic hydroxyl groups excluding tert-OH is 1.